The van der Waals surface area contributed by atoms with E-state index in [9.17, 15) is 13.2 Å². The molecule has 0 aliphatic heterocycles. The summed E-state index contributed by atoms with van der Waals surface area (Å²) in [5.41, 5.74) is 1.07. The van der Waals surface area contributed by atoms with Crippen LogP contribution in [0.25, 0.3) is 0 Å². The highest BCUT2D eigenvalue weighted by molar-refractivity contribution is 7.92. The third-order valence-corrected chi connectivity index (χ3v) is 5.89. The fourth-order valence-corrected chi connectivity index (χ4v) is 4.44. The van der Waals surface area contributed by atoms with Gasteiger partial charge in [0.05, 0.1) is 19.1 Å². The van der Waals surface area contributed by atoms with Crippen LogP contribution in [0, 0.1) is 0 Å². The molecule has 2 aromatic rings. The highest BCUT2D eigenvalue weighted by Gasteiger charge is 2.31. The lowest BCUT2D eigenvalue weighted by atomic mass is 10.1. The number of carbonyl (C=O) groups excluding carboxylic acids is 1. The van der Waals surface area contributed by atoms with Gasteiger partial charge in [0.15, 0.2) is 0 Å². The number of nitrogens with zero attached hydrogens (tertiary/aromatic N) is 1. The van der Waals surface area contributed by atoms with E-state index in [1.807, 2.05) is 0 Å². The number of halogens is 2. The van der Waals surface area contributed by atoms with Gasteiger partial charge in [0, 0.05) is 16.6 Å². The summed E-state index contributed by atoms with van der Waals surface area (Å²) in [4.78, 5) is 12.8. The molecule has 0 unspecified atom stereocenters. The second kappa shape index (κ2) is 9.49. The summed E-state index contributed by atoms with van der Waals surface area (Å²) in [5, 5.41) is 3.68. The molecule has 0 saturated carbocycles. The van der Waals surface area contributed by atoms with E-state index in [1.54, 1.807) is 49.4 Å². The topological polar surface area (TPSA) is 75.7 Å². The van der Waals surface area contributed by atoms with Gasteiger partial charge >= 0.3 is 0 Å². The maximum atomic E-state index is 12.8. The zero-order valence-corrected chi connectivity index (χ0v) is 18.1. The Kier molecular flexibility index (Phi) is 7.57. The first-order valence-electron chi connectivity index (χ1n) is 8.52. The Morgan fingerprint density at radius 3 is 2.32 bits per heavy atom. The smallest absolute Gasteiger partial charge is 0.244 e. The average molecular weight is 445 g/mol. The van der Waals surface area contributed by atoms with Crippen LogP contribution in [0.5, 0.6) is 5.75 Å². The summed E-state index contributed by atoms with van der Waals surface area (Å²) in [5.74, 6) is 0.168. The largest absolute Gasteiger partial charge is 0.497 e. The molecule has 0 aliphatic rings. The molecule has 0 radical (unpaired) electrons. The molecule has 2 aromatic carbocycles. The number of benzene rings is 2. The molecular formula is C19H22Cl2N2O4S. The monoisotopic (exact) mass is 444 g/mol. The molecule has 1 N–H and O–H groups in total. The van der Waals surface area contributed by atoms with Crippen LogP contribution in [0.2, 0.25) is 10.0 Å². The molecule has 2 rings (SSSR count). The van der Waals surface area contributed by atoms with Crippen LogP contribution < -0.4 is 14.4 Å². The average Bonchev–Trinajstić information content (AvgIpc) is 2.64. The minimum Gasteiger partial charge on any atom is -0.497 e. The van der Waals surface area contributed by atoms with E-state index in [4.69, 9.17) is 27.9 Å². The molecule has 0 bridgehead atoms. The summed E-state index contributed by atoms with van der Waals surface area (Å²) in [6.07, 6.45) is 1.36. The predicted octanol–water partition coefficient (Wildman–Crippen LogP) is 3.86. The predicted molar refractivity (Wildman–Crippen MR) is 113 cm³/mol. The number of carbonyl (C=O) groups is 1. The summed E-state index contributed by atoms with van der Waals surface area (Å²) in [6, 6.07) is 10.6. The molecule has 1 atom stereocenters. The molecule has 0 aromatic heterocycles. The lowest BCUT2D eigenvalue weighted by molar-refractivity contribution is -0.122. The fraction of sp³-hybridized carbons (Fsp3) is 0.316. The molecular weight excluding hydrogens is 423 g/mol. The van der Waals surface area contributed by atoms with Crippen molar-refractivity contribution in [2.24, 2.45) is 0 Å². The van der Waals surface area contributed by atoms with Gasteiger partial charge in [0.1, 0.15) is 11.8 Å². The first-order valence-corrected chi connectivity index (χ1v) is 11.1. The van der Waals surface area contributed by atoms with E-state index in [-0.39, 0.29) is 6.54 Å². The van der Waals surface area contributed by atoms with Crippen molar-refractivity contribution in [1.29, 1.82) is 0 Å². The van der Waals surface area contributed by atoms with Crippen molar-refractivity contribution in [3.8, 4) is 5.75 Å². The number of sulfonamides is 1. The van der Waals surface area contributed by atoms with Gasteiger partial charge in [-0.3, -0.25) is 9.10 Å². The van der Waals surface area contributed by atoms with Gasteiger partial charge in [-0.1, -0.05) is 36.2 Å². The van der Waals surface area contributed by atoms with Gasteiger partial charge < -0.3 is 10.1 Å². The molecule has 0 spiro atoms. The number of nitrogens with one attached hydrogen (secondary N) is 1. The second-order valence-corrected chi connectivity index (χ2v) is 8.84. The standard InChI is InChI=1S/C19H22Cl2N2O4S/c1-4-18(19(24)22-12-13-5-6-14(20)11-17(13)21)23(28(3,25)26)15-7-9-16(27-2)10-8-15/h5-11,18H,4,12H2,1-3H3,(H,22,24)/t18-/m0/s1. The normalized spacial score (nSPS) is 12.3. The first-order chi connectivity index (χ1) is 13.2. The molecule has 0 heterocycles. The van der Waals surface area contributed by atoms with Gasteiger partial charge in [0.2, 0.25) is 15.9 Å². The van der Waals surface area contributed by atoms with Crippen LogP contribution in [0.15, 0.2) is 42.5 Å². The molecule has 0 aliphatic carbocycles. The van der Waals surface area contributed by atoms with Crippen LogP contribution >= 0.6 is 23.2 Å². The Balaban J connectivity index is 2.25. The van der Waals surface area contributed by atoms with Crippen molar-refractivity contribution in [1.82, 2.24) is 5.32 Å². The Bertz CT molecular complexity index is 933. The minimum absolute atomic E-state index is 0.158. The second-order valence-electron chi connectivity index (χ2n) is 6.13. The first kappa shape index (κ1) is 22.3. The number of ether oxygens (including phenoxy) is 1. The number of hydrogen-bond acceptors (Lipinski definition) is 4. The van der Waals surface area contributed by atoms with Gasteiger partial charge in [-0.2, -0.15) is 0 Å². The van der Waals surface area contributed by atoms with E-state index in [1.165, 1.54) is 7.11 Å². The third-order valence-electron chi connectivity index (χ3n) is 4.12. The van der Waals surface area contributed by atoms with Gasteiger partial charge in [-0.05, 0) is 48.4 Å². The van der Waals surface area contributed by atoms with Crippen molar-refractivity contribution in [3.63, 3.8) is 0 Å². The molecule has 9 heteroatoms. The maximum Gasteiger partial charge on any atom is 0.244 e. The van der Waals surface area contributed by atoms with Gasteiger partial charge in [-0.15, -0.1) is 0 Å². The summed E-state index contributed by atoms with van der Waals surface area (Å²) >= 11 is 12.0. The fourth-order valence-electron chi connectivity index (χ4n) is 2.75. The zero-order valence-electron chi connectivity index (χ0n) is 15.8. The Hall–Kier alpha value is -1.96. The Labute approximate surface area is 175 Å². The van der Waals surface area contributed by atoms with Gasteiger partial charge in [0.25, 0.3) is 0 Å². The molecule has 28 heavy (non-hydrogen) atoms. The van der Waals surface area contributed by atoms with Crippen LogP contribution in [-0.4, -0.2) is 33.7 Å². The highest BCUT2D eigenvalue weighted by atomic mass is 35.5. The van der Waals surface area contributed by atoms with Crippen molar-refractivity contribution < 1.29 is 17.9 Å². The lowest BCUT2D eigenvalue weighted by Gasteiger charge is -2.30. The van der Waals surface area contributed by atoms with Crippen LogP contribution in [0.4, 0.5) is 5.69 Å². The SMILES string of the molecule is CC[C@@H](C(=O)NCc1ccc(Cl)cc1Cl)N(c1ccc(OC)cc1)S(C)(=O)=O. The van der Waals surface area contributed by atoms with E-state index < -0.39 is 22.0 Å². The Morgan fingerprint density at radius 1 is 1.18 bits per heavy atom. The van der Waals surface area contributed by atoms with Crippen LogP contribution in [0.1, 0.15) is 18.9 Å². The van der Waals surface area contributed by atoms with E-state index in [2.05, 4.69) is 5.32 Å². The van der Waals surface area contributed by atoms with Crippen molar-refractivity contribution in [3.05, 3.63) is 58.1 Å². The Morgan fingerprint density at radius 2 is 1.82 bits per heavy atom. The number of amides is 1. The summed E-state index contributed by atoms with van der Waals surface area (Å²) < 4.78 is 31.1. The number of methoxy groups -OCH3 is 1. The van der Waals surface area contributed by atoms with Crippen molar-refractivity contribution in [2.75, 3.05) is 17.7 Å². The lowest BCUT2D eigenvalue weighted by Crippen LogP contribution is -2.49. The maximum absolute atomic E-state index is 12.8. The van der Waals surface area contributed by atoms with Crippen LogP contribution in [-0.2, 0) is 21.4 Å². The summed E-state index contributed by atoms with van der Waals surface area (Å²) in [6.45, 7) is 1.91. The molecule has 0 fully saturated rings. The van der Waals surface area contributed by atoms with Crippen molar-refractivity contribution >= 4 is 44.8 Å². The van der Waals surface area contributed by atoms with E-state index >= 15 is 0 Å². The molecule has 1 amide bonds. The zero-order chi connectivity index (χ0) is 20.9. The number of anilines is 1. The number of hydrogen-bond donors (Lipinski definition) is 1. The van der Waals surface area contributed by atoms with Crippen LogP contribution in [0.3, 0.4) is 0 Å². The molecule has 0 saturated heterocycles. The van der Waals surface area contributed by atoms with Crippen molar-refractivity contribution in [2.45, 2.75) is 25.9 Å². The van der Waals surface area contributed by atoms with E-state index in [0.717, 1.165) is 10.6 Å². The third kappa shape index (κ3) is 5.53. The minimum atomic E-state index is -3.70. The quantitative estimate of drug-likeness (QED) is 0.670. The van der Waals surface area contributed by atoms with Gasteiger partial charge in [-0.25, -0.2) is 8.42 Å². The molecule has 152 valence electrons. The number of rotatable bonds is 8. The molecule has 6 nitrogen and oxygen atoms in total. The highest BCUT2D eigenvalue weighted by Crippen LogP contribution is 2.25. The van der Waals surface area contributed by atoms with E-state index in [0.29, 0.717) is 33.5 Å². The summed E-state index contributed by atoms with van der Waals surface area (Å²) in [7, 11) is -2.18.